The summed E-state index contributed by atoms with van der Waals surface area (Å²) in [6.07, 6.45) is -4.13. The van der Waals surface area contributed by atoms with Crippen molar-refractivity contribution in [2.75, 3.05) is 12.4 Å². The van der Waals surface area contributed by atoms with E-state index < -0.39 is 28.0 Å². The van der Waals surface area contributed by atoms with E-state index in [1.807, 2.05) is 0 Å². The zero-order valence-corrected chi connectivity index (χ0v) is 13.7. The van der Waals surface area contributed by atoms with Crippen LogP contribution < -0.4 is 0 Å². The van der Waals surface area contributed by atoms with Crippen molar-refractivity contribution in [2.45, 2.75) is 25.1 Å². The minimum Gasteiger partial charge on any atom is -0.373 e. The first-order valence-corrected chi connectivity index (χ1v) is 8.90. The normalized spacial score (nSPS) is 23.5. The summed E-state index contributed by atoms with van der Waals surface area (Å²) in [5.41, 5.74) is -0.235. The van der Waals surface area contributed by atoms with Crippen LogP contribution in [-0.2, 0) is 21.0 Å². The van der Waals surface area contributed by atoms with Gasteiger partial charge in [-0.05, 0) is 36.5 Å². The van der Waals surface area contributed by atoms with Crippen LogP contribution in [0.1, 0.15) is 30.1 Å². The Kier molecular flexibility index (Phi) is 5.20. The molecule has 1 aliphatic rings. The Balaban J connectivity index is 2.17. The fourth-order valence-electron chi connectivity index (χ4n) is 2.50. The third-order valence-corrected chi connectivity index (χ3v) is 5.09. The largest absolute Gasteiger partial charge is 0.416 e. The van der Waals surface area contributed by atoms with E-state index >= 15 is 0 Å². The van der Waals surface area contributed by atoms with Crippen molar-refractivity contribution >= 4 is 26.0 Å². The van der Waals surface area contributed by atoms with Gasteiger partial charge in [-0.2, -0.15) is 21.6 Å². The van der Waals surface area contributed by atoms with Gasteiger partial charge in [-0.1, -0.05) is 22.0 Å². The molecule has 0 saturated carbocycles. The molecule has 1 heterocycles. The summed E-state index contributed by atoms with van der Waals surface area (Å²) in [6.45, 7) is 0.290. The van der Waals surface area contributed by atoms with Gasteiger partial charge in [0.15, 0.2) is 0 Å². The monoisotopic (exact) mass is 402 g/mol. The molecule has 1 fully saturated rings. The Labute approximate surface area is 134 Å². The first-order valence-electron chi connectivity index (χ1n) is 6.49. The number of benzene rings is 1. The van der Waals surface area contributed by atoms with E-state index in [1.54, 1.807) is 0 Å². The molecule has 1 saturated heterocycles. The summed E-state index contributed by atoms with van der Waals surface area (Å²) in [5, 5.41) is 0. The molecule has 9 heteroatoms. The van der Waals surface area contributed by atoms with Crippen molar-refractivity contribution in [2.24, 2.45) is 5.92 Å². The van der Waals surface area contributed by atoms with Crippen LogP contribution >= 0.6 is 15.9 Å². The van der Waals surface area contributed by atoms with Crippen LogP contribution in [0.4, 0.5) is 13.2 Å². The molecule has 22 heavy (non-hydrogen) atoms. The summed E-state index contributed by atoms with van der Waals surface area (Å²) >= 11 is 3.11. The molecule has 2 unspecified atom stereocenters. The van der Waals surface area contributed by atoms with E-state index in [4.69, 9.17) is 9.29 Å². The SMILES string of the molecule is O=S(=O)(O)CC1CCOC(c2ccc(C(F)(F)F)cc2Br)C1. The molecular formula is C13H14BrF3O4S. The lowest BCUT2D eigenvalue weighted by Crippen LogP contribution is -2.25. The molecule has 1 aliphatic heterocycles. The fourth-order valence-corrected chi connectivity index (χ4v) is 4.03. The van der Waals surface area contributed by atoms with Crippen LogP contribution in [0.25, 0.3) is 0 Å². The minimum atomic E-state index is -4.43. The topological polar surface area (TPSA) is 63.6 Å². The van der Waals surface area contributed by atoms with E-state index in [9.17, 15) is 21.6 Å². The Morgan fingerprint density at radius 2 is 2.05 bits per heavy atom. The Bertz CT molecular complexity index is 645. The second-order valence-corrected chi connectivity index (χ2v) is 7.58. The summed E-state index contributed by atoms with van der Waals surface area (Å²) in [5.74, 6) is -0.659. The molecular weight excluding hydrogens is 389 g/mol. The van der Waals surface area contributed by atoms with Crippen molar-refractivity contribution < 1.29 is 30.9 Å². The third-order valence-electron chi connectivity index (χ3n) is 3.51. The average molecular weight is 403 g/mol. The Morgan fingerprint density at radius 1 is 1.36 bits per heavy atom. The molecule has 1 N–H and O–H groups in total. The Morgan fingerprint density at radius 3 is 2.59 bits per heavy atom. The lowest BCUT2D eigenvalue weighted by Gasteiger charge is -2.30. The highest BCUT2D eigenvalue weighted by atomic mass is 79.9. The maximum atomic E-state index is 12.6. The standard InChI is InChI=1S/C13H14BrF3O4S/c14-11-6-9(13(15,16)17)1-2-10(11)12-5-8(3-4-21-12)7-22(18,19)20/h1-2,6,8,12H,3-5,7H2,(H,18,19,20). The van der Waals surface area contributed by atoms with Crippen molar-refractivity contribution in [1.82, 2.24) is 0 Å². The van der Waals surface area contributed by atoms with E-state index in [-0.39, 0.29) is 22.8 Å². The molecule has 1 aromatic carbocycles. The average Bonchev–Trinajstić information content (AvgIpc) is 2.35. The van der Waals surface area contributed by atoms with Gasteiger partial charge < -0.3 is 4.74 Å². The van der Waals surface area contributed by atoms with Crippen LogP contribution in [0.2, 0.25) is 0 Å². The number of ether oxygens (including phenoxy) is 1. The highest BCUT2D eigenvalue weighted by Crippen LogP contribution is 2.38. The molecule has 0 bridgehead atoms. The number of hydrogen-bond donors (Lipinski definition) is 1. The maximum absolute atomic E-state index is 12.6. The highest BCUT2D eigenvalue weighted by Gasteiger charge is 2.33. The molecule has 2 rings (SSSR count). The fraction of sp³-hybridized carbons (Fsp3) is 0.538. The van der Waals surface area contributed by atoms with Gasteiger partial charge in [0, 0.05) is 11.1 Å². The van der Waals surface area contributed by atoms with E-state index in [2.05, 4.69) is 15.9 Å². The van der Waals surface area contributed by atoms with Gasteiger partial charge >= 0.3 is 6.18 Å². The lowest BCUT2D eigenvalue weighted by molar-refractivity contribution is -0.137. The molecule has 4 nitrogen and oxygen atoms in total. The van der Waals surface area contributed by atoms with Crippen LogP contribution in [0.5, 0.6) is 0 Å². The predicted octanol–water partition coefficient (Wildman–Crippen LogP) is 3.82. The highest BCUT2D eigenvalue weighted by molar-refractivity contribution is 9.10. The first kappa shape index (κ1) is 17.7. The van der Waals surface area contributed by atoms with E-state index in [0.717, 1.165) is 12.1 Å². The van der Waals surface area contributed by atoms with Gasteiger partial charge in [-0.3, -0.25) is 4.55 Å². The maximum Gasteiger partial charge on any atom is 0.416 e. The second-order valence-electron chi connectivity index (χ2n) is 5.23. The lowest BCUT2D eigenvalue weighted by atomic mass is 9.93. The first-order chi connectivity index (χ1) is 10.1. The van der Waals surface area contributed by atoms with E-state index in [1.165, 1.54) is 6.07 Å². The smallest absolute Gasteiger partial charge is 0.373 e. The van der Waals surface area contributed by atoms with Crippen molar-refractivity contribution in [1.29, 1.82) is 0 Å². The minimum absolute atomic E-state index is 0.264. The van der Waals surface area contributed by atoms with Gasteiger partial charge in [-0.15, -0.1) is 0 Å². The molecule has 124 valence electrons. The summed E-state index contributed by atoms with van der Waals surface area (Å²) < 4.78 is 74.5. The Hall–Kier alpha value is -0.640. The molecule has 0 amide bonds. The quantitative estimate of drug-likeness (QED) is 0.780. The van der Waals surface area contributed by atoms with Crippen molar-refractivity contribution in [3.05, 3.63) is 33.8 Å². The third kappa shape index (κ3) is 4.68. The predicted molar refractivity (Wildman–Crippen MR) is 77.0 cm³/mol. The number of hydrogen-bond acceptors (Lipinski definition) is 3. The van der Waals surface area contributed by atoms with Crippen molar-refractivity contribution in [3.63, 3.8) is 0 Å². The van der Waals surface area contributed by atoms with Gasteiger partial charge in [0.2, 0.25) is 0 Å². The molecule has 0 aromatic heterocycles. The van der Waals surface area contributed by atoms with Gasteiger partial charge in [0.1, 0.15) is 0 Å². The number of halogens is 4. The van der Waals surface area contributed by atoms with Gasteiger partial charge in [0.05, 0.1) is 17.4 Å². The van der Waals surface area contributed by atoms with Gasteiger partial charge in [-0.25, -0.2) is 0 Å². The van der Waals surface area contributed by atoms with E-state index in [0.29, 0.717) is 18.4 Å². The number of rotatable bonds is 3. The number of alkyl halides is 3. The van der Waals surface area contributed by atoms with Crippen LogP contribution in [0.15, 0.2) is 22.7 Å². The molecule has 2 atom stereocenters. The zero-order chi connectivity index (χ0) is 16.5. The van der Waals surface area contributed by atoms with Gasteiger partial charge in [0.25, 0.3) is 10.1 Å². The zero-order valence-electron chi connectivity index (χ0n) is 11.3. The summed E-state index contributed by atoms with van der Waals surface area (Å²) in [4.78, 5) is 0. The summed E-state index contributed by atoms with van der Waals surface area (Å²) in [7, 11) is -4.08. The molecule has 0 radical (unpaired) electrons. The molecule has 1 aromatic rings. The van der Waals surface area contributed by atoms with Crippen LogP contribution in [0.3, 0.4) is 0 Å². The summed E-state index contributed by atoms with van der Waals surface area (Å²) in [6, 6.07) is 3.27. The second kappa shape index (κ2) is 6.46. The molecule has 0 spiro atoms. The van der Waals surface area contributed by atoms with Crippen LogP contribution in [0, 0.1) is 5.92 Å². The van der Waals surface area contributed by atoms with Crippen molar-refractivity contribution in [3.8, 4) is 0 Å². The molecule has 0 aliphatic carbocycles. The van der Waals surface area contributed by atoms with Crippen LogP contribution in [-0.4, -0.2) is 25.3 Å².